The van der Waals surface area contributed by atoms with Crippen LogP contribution in [0, 0.1) is 6.92 Å². The van der Waals surface area contributed by atoms with Gasteiger partial charge in [0.2, 0.25) is 0 Å². The molecule has 23 heavy (non-hydrogen) atoms. The van der Waals surface area contributed by atoms with Crippen molar-refractivity contribution < 1.29 is 4.74 Å². The quantitative estimate of drug-likeness (QED) is 0.662. The van der Waals surface area contributed by atoms with Crippen LogP contribution >= 0.6 is 11.8 Å². The molecule has 4 nitrogen and oxygen atoms in total. The Bertz CT molecular complexity index is 796. The summed E-state index contributed by atoms with van der Waals surface area (Å²) in [5.74, 6) is 2.54. The lowest BCUT2D eigenvalue weighted by Crippen LogP contribution is -1.95. The van der Waals surface area contributed by atoms with Gasteiger partial charge in [-0.15, -0.1) is 10.2 Å². The van der Waals surface area contributed by atoms with Crippen LogP contribution in [0.25, 0.3) is 11.4 Å². The Morgan fingerprint density at radius 2 is 1.87 bits per heavy atom. The second-order valence-electron chi connectivity index (χ2n) is 5.37. The second-order valence-corrected chi connectivity index (χ2v) is 6.31. The molecule has 0 amide bonds. The van der Waals surface area contributed by atoms with E-state index in [1.807, 2.05) is 35.9 Å². The standard InChI is InChI=1S/C18H19N3OS/c1-13-7-9-14(10-8-13)12-23-18-20-19-17(21(18)2)15-5-4-6-16(11-15)22-3/h4-11H,12H2,1-3H3. The summed E-state index contributed by atoms with van der Waals surface area (Å²) >= 11 is 1.69. The third-order valence-electron chi connectivity index (χ3n) is 3.65. The number of hydrogen-bond acceptors (Lipinski definition) is 4. The summed E-state index contributed by atoms with van der Waals surface area (Å²) < 4.78 is 7.30. The summed E-state index contributed by atoms with van der Waals surface area (Å²) in [6, 6.07) is 16.4. The highest BCUT2D eigenvalue weighted by molar-refractivity contribution is 7.98. The maximum atomic E-state index is 5.28. The van der Waals surface area contributed by atoms with Crippen LogP contribution in [0.5, 0.6) is 5.75 Å². The lowest BCUT2D eigenvalue weighted by atomic mass is 10.2. The Morgan fingerprint density at radius 1 is 1.09 bits per heavy atom. The highest BCUT2D eigenvalue weighted by Gasteiger charge is 2.12. The maximum absolute atomic E-state index is 5.28. The second kappa shape index (κ2) is 6.87. The molecule has 0 saturated heterocycles. The summed E-state index contributed by atoms with van der Waals surface area (Å²) in [6.45, 7) is 2.10. The molecule has 0 aliphatic rings. The zero-order valence-electron chi connectivity index (χ0n) is 13.5. The Kier molecular flexibility index (Phi) is 4.67. The van der Waals surface area contributed by atoms with Gasteiger partial charge in [-0.05, 0) is 24.6 Å². The van der Waals surface area contributed by atoms with Crippen LogP contribution in [0.1, 0.15) is 11.1 Å². The fourth-order valence-electron chi connectivity index (χ4n) is 2.29. The van der Waals surface area contributed by atoms with Crippen LogP contribution in [0.3, 0.4) is 0 Å². The third kappa shape index (κ3) is 3.56. The molecule has 0 aliphatic carbocycles. The van der Waals surface area contributed by atoms with Crippen molar-refractivity contribution >= 4 is 11.8 Å². The third-order valence-corrected chi connectivity index (χ3v) is 4.74. The lowest BCUT2D eigenvalue weighted by Gasteiger charge is -2.06. The van der Waals surface area contributed by atoms with Crippen molar-refractivity contribution in [3.63, 3.8) is 0 Å². The van der Waals surface area contributed by atoms with Crippen molar-refractivity contribution in [3.05, 3.63) is 59.7 Å². The maximum Gasteiger partial charge on any atom is 0.191 e. The van der Waals surface area contributed by atoms with Crippen LogP contribution < -0.4 is 4.74 Å². The normalized spacial score (nSPS) is 10.7. The van der Waals surface area contributed by atoms with E-state index in [1.54, 1.807) is 18.9 Å². The van der Waals surface area contributed by atoms with Crippen LogP contribution in [0.2, 0.25) is 0 Å². The van der Waals surface area contributed by atoms with Gasteiger partial charge in [-0.2, -0.15) is 0 Å². The number of aryl methyl sites for hydroxylation is 1. The number of aromatic nitrogens is 3. The summed E-state index contributed by atoms with van der Waals surface area (Å²) in [7, 11) is 3.66. The van der Waals surface area contributed by atoms with Crippen molar-refractivity contribution in [1.29, 1.82) is 0 Å². The van der Waals surface area contributed by atoms with Gasteiger partial charge in [0.15, 0.2) is 11.0 Å². The molecular formula is C18H19N3OS. The smallest absolute Gasteiger partial charge is 0.191 e. The molecule has 0 aliphatic heterocycles. The minimum atomic E-state index is 0.819. The SMILES string of the molecule is COc1cccc(-c2nnc(SCc3ccc(C)cc3)n2C)c1. The number of rotatable bonds is 5. The number of nitrogens with zero attached hydrogens (tertiary/aromatic N) is 3. The first-order valence-corrected chi connectivity index (χ1v) is 8.38. The predicted octanol–water partition coefficient (Wildman–Crippen LogP) is 4.09. The van der Waals surface area contributed by atoms with E-state index in [0.717, 1.165) is 28.0 Å². The largest absolute Gasteiger partial charge is 0.497 e. The zero-order chi connectivity index (χ0) is 16.2. The van der Waals surface area contributed by atoms with Crippen LogP contribution in [0.4, 0.5) is 0 Å². The van der Waals surface area contributed by atoms with Crippen molar-refractivity contribution in [1.82, 2.24) is 14.8 Å². The average Bonchev–Trinajstić information content (AvgIpc) is 2.95. The molecule has 3 rings (SSSR count). The number of thioether (sulfide) groups is 1. The van der Waals surface area contributed by atoms with E-state index in [1.165, 1.54) is 11.1 Å². The van der Waals surface area contributed by atoms with E-state index in [4.69, 9.17) is 4.74 Å². The molecule has 3 aromatic rings. The van der Waals surface area contributed by atoms with E-state index in [2.05, 4.69) is 41.4 Å². The molecule has 118 valence electrons. The molecule has 0 radical (unpaired) electrons. The molecule has 2 aromatic carbocycles. The summed E-state index contributed by atoms with van der Waals surface area (Å²) in [6.07, 6.45) is 0. The first-order valence-electron chi connectivity index (χ1n) is 7.39. The van der Waals surface area contributed by atoms with Gasteiger partial charge in [-0.25, -0.2) is 0 Å². The number of methoxy groups -OCH3 is 1. The van der Waals surface area contributed by atoms with Gasteiger partial charge >= 0.3 is 0 Å². The Hall–Kier alpha value is -2.27. The molecule has 5 heteroatoms. The first-order chi connectivity index (χ1) is 11.2. The number of benzene rings is 2. The zero-order valence-corrected chi connectivity index (χ0v) is 14.3. The molecule has 0 fully saturated rings. The van der Waals surface area contributed by atoms with Gasteiger partial charge < -0.3 is 9.30 Å². The highest BCUT2D eigenvalue weighted by Crippen LogP contribution is 2.27. The van der Waals surface area contributed by atoms with Gasteiger partial charge in [0.1, 0.15) is 5.75 Å². The molecule has 0 saturated carbocycles. The fourth-order valence-corrected chi connectivity index (χ4v) is 3.15. The number of hydrogen-bond donors (Lipinski definition) is 0. The van der Waals surface area contributed by atoms with Crippen molar-refractivity contribution in [2.75, 3.05) is 7.11 Å². The van der Waals surface area contributed by atoms with Crippen molar-refractivity contribution in [3.8, 4) is 17.1 Å². The number of ether oxygens (including phenoxy) is 1. The van der Waals surface area contributed by atoms with E-state index >= 15 is 0 Å². The Labute approximate surface area is 140 Å². The molecule has 0 bridgehead atoms. The van der Waals surface area contributed by atoms with Gasteiger partial charge in [0.25, 0.3) is 0 Å². The van der Waals surface area contributed by atoms with Gasteiger partial charge in [-0.3, -0.25) is 0 Å². The monoisotopic (exact) mass is 325 g/mol. The minimum absolute atomic E-state index is 0.819. The first kappa shape index (κ1) is 15.6. The van der Waals surface area contributed by atoms with Gasteiger partial charge in [0.05, 0.1) is 7.11 Å². The van der Waals surface area contributed by atoms with E-state index < -0.39 is 0 Å². The summed E-state index contributed by atoms with van der Waals surface area (Å²) in [5.41, 5.74) is 3.56. The van der Waals surface area contributed by atoms with Gasteiger partial charge in [-0.1, -0.05) is 53.7 Å². The Morgan fingerprint density at radius 3 is 2.61 bits per heavy atom. The average molecular weight is 325 g/mol. The lowest BCUT2D eigenvalue weighted by molar-refractivity contribution is 0.415. The molecule has 0 N–H and O–H groups in total. The van der Waals surface area contributed by atoms with Crippen LogP contribution in [-0.2, 0) is 12.8 Å². The van der Waals surface area contributed by atoms with Crippen molar-refractivity contribution in [2.45, 2.75) is 17.8 Å². The fraction of sp³-hybridized carbons (Fsp3) is 0.222. The molecule has 0 unspecified atom stereocenters. The minimum Gasteiger partial charge on any atom is -0.497 e. The Balaban J connectivity index is 1.77. The molecule has 1 heterocycles. The topological polar surface area (TPSA) is 39.9 Å². The van der Waals surface area contributed by atoms with Crippen LogP contribution in [-0.4, -0.2) is 21.9 Å². The highest BCUT2D eigenvalue weighted by atomic mass is 32.2. The summed E-state index contributed by atoms with van der Waals surface area (Å²) in [4.78, 5) is 0. The molecule has 0 atom stereocenters. The van der Waals surface area contributed by atoms with E-state index in [0.29, 0.717) is 0 Å². The van der Waals surface area contributed by atoms with Crippen molar-refractivity contribution in [2.24, 2.45) is 7.05 Å². The predicted molar refractivity (Wildman–Crippen MR) is 93.7 cm³/mol. The van der Waals surface area contributed by atoms with E-state index in [-0.39, 0.29) is 0 Å². The van der Waals surface area contributed by atoms with Crippen LogP contribution in [0.15, 0.2) is 53.7 Å². The summed E-state index contributed by atoms with van der Waals surface area (Å²) in [5, 5.41) is 9.55. The van der Waals surface area contributed by atoms with E-state index in [9.17, 15) is 0 Å². The molecule has 0 spiro atoms. The molecule has 1 aromatic heterocycles. The molecular weight excluding hydrogens is 306 g/mol. The van der Waals surface area contributed by atoms with Gasteiger partial charge in [0, 0.05) is 18.4 Å².